The van der Waals surface area contributed by atoms with Gasteiger partial charge in [-0.25, -0.2) is 9.59 Å². The lowest BCUT2D eigenvalue weighted by molar-refractivity contribution is -0.155. The number of carboxylic acid groups (broad SMARTS) is 1. The minimum absolute atomic E-state index is 0.0507. The molecule has 0 spiro atoms. The van der Waals surface area contributed by atoms with Crippen LogP contribution in [0.1, 0.15) is 19.8 Å². The number of aliphatic carboxylic acids is 1. The first-order chi connectivity index (χ1) is 7.85. The van der Waals surface area contributed by atoms with E-state index in [1.165, 1.54) is 0 Å². The predicted molar refractivity (Wildman–Crippen MR) is 58.6 cm³/mol. The Kier molecular flexibility index (Phi) is 4.30. The third kappa shape index (κ3) is 3.86. The average molecular weight is 246 g/mol. The number of urea groups is 1. The lowest BCUT2D eigenvalue weighted by atomic mass is 9.89. The Morgan fingerprint density at radius 2 is 2.06 bits per heavy atom. The van der Waals surface area contributed by atoms with Crippen molar-refractivity contribution in [1.82, 2.24) is 10.6 Å². The van der Waals surface area contributed by atoms with E-state index < -0.39 is 17.6 Å². The van der Waals surface area contributed by atoms with E-state index in [0.29, 0.717) is 0 Å². The molecule has 1 atom stereocenters. The molecule has 1 rings (SSSR count). The normalized spacial score (nSPS) is 26.5. The SMILES string of the molecule is COC1CC(NC(=O)NCC(C)(O)C(=O)O)C1. The van der Waals surface area contributed by atoms with E-state index in [9.17, 15) is 14.7 Å². The third-order valence-electron chi connectivity index (χ3n) is 2.82. The summed E-state index contributed by atoms with van der Waals surface area (Å²) in [5.74, 6) is -1.37. The monoisotopic (exact) mass is 246 g/mol. The number of methoxy groups -OCH3 is 1. The molecule has 4 N–H and O–H groups in total. The minimum atomic E-state index is -1.95. The first-order valence-electron chi connectivity index (χ1n) is 5.38. The standard InChI is InChI=1S/C10H18N2O5/c1-10(16,8(13)14)5-11-9(15)12-6-3-7(4-6)17-2/h6-7,16H,3-5H2,1-2H3,(H,13,14)(H2,11,12,15). The highest BCUT2D eigenvalue weighted by Crippen LogP contribution is 2.22. The van der Waals surface area contributed by atoms with Crippen molar-refractivity contribution in [2.24, 2.45) is 0 Å². The first-order valence-corrected chi connectivity index (χ1v) is 5.38. The molecule has 0 aromatic carbocycles. The molecular formula is C10H18N2O5. The summed E-state index contributed by atoms with van der Waals surface area (Å²) in [6.45, 7) is 0.786. The van der Waals surface area contributed by atoms with Gasteiger partial charge in [-0.2, -0.15) is 0 Å². The molecule has 7 heteroatoms. The van der Waals surface area contributed by atoms with Crippen molar-refractivity contribution in [2.75, 3.05) is 13.7 Å². The fourth-order valence-corrected chi connectivity index (χ4v) is 1.44. The van der Waals surface area contributed by atoms with E-state index in [1.807, 2.05) is 0 Å². The fourth-order valence-electron chi connectivity index (χ4n) is 1.44. The van der Waals surface area contributed by atoms with Gasteiger partial charge in [0.25, 0.3) is 0 Å². The number of carbonyl (C=O) groups is 2. The van der Waals surface area contributed by atoms with Crippen LogP contribution in [0.25, 0.3) is 0 Å². The van der Waals surface area contributed by atoms with Gasteiger partial charge in [-0.3, -0.25) is 0 Å². The lowest BCUT2D eigenvalue weighted by Gasteiger charge is -2.34. The van der Waals surface area contributed by atoms with E-state index >= 15 is 0 Å². The van der Waals surface area contributed by atoms with Crippen molar-refractivity contribution < 1.29 is 24.5 Å². The number of hydrogen-bond acceptors (Lipinski definition) is 4. The van der Waals surface area contributed by atoms with Crippen LogP contribution in [0, 0.1) is 0 Å². The molecule has 1 aliphatic carbocycles. The number of nitrogens with one attached hydrogen (secondary N) is 2. The molecular weight excluding hydrogens is 228 g/mol. The average Bonchev–Trinajstić information content (AvgIpc) is 2.19. The first kappa shape index (κ1) is 13.7. The van der Waals surface area contributed by atoms with Crippen LogP contribution < -0.4 is 10.6 Å². The van der Waals surface area contributed by atoms with Gasteiger partial charge in [-0.05, 0) is 19.8 Å². The number of carboxylic acids is 1. The topological polar surface area (TPSA) is 108 Å². The van der Waals surface area contributed by atoms with Gasteiger partial charge in [0.1, 0.15) is 0 Å². The van der Waals surface area contributed by atoms with Gasteiger partial charge >= 0.3 is 12.0 Å². The summed E-state index contributed by atoms with van der Waals surface area (Å²) < 4.78 is 5.05. The van der Waals surface area contributed by atoms with Gasteiger partial charge < -0.3 is 25.6 Å². The number of hydrogen-bond donors (Lipinski definition) is 4. The van der Waals surface area contributed by atoms with E-state index in [-0.39, 0.29) is 18.7 Å². The van der Waals surface area contributed by atoms with Gasteiger partial charge in [0.15, 0.2) is 5.60 Å². The molecule has 0 saturated heterocycles. The highest BCUT2D eigenvalue weighted by Gasteiger charge is 2.32. The smallest absolute Gasteiger partial charge is 0.337 e. The molecule has 1 unspecified atom stereocenters. The van der Waals surface area contributed by atoms with Crippen molar-refractivity contribution in [2.45, 2.75) is 37.5 Å². The zero-order valence-corrected chi connectivity index (χ0v) is 9.90. The minimum Gasteiger partial charge on any atom is -0.479 e. The Hall–Kier alpha value is -1.34. The summed E-state index contributed by atoms with van der Waals surface area (Å²) >= 11 is 0. The second-order valence-corrected chi connectivity index (χ2v) is 4.43. The third-order valence-corrected chi connectivity index (χ3v) is 2.82. The molecule has 1 aliphatic rings. The van der Waals surface area contributed by atoms with Gasteiger partial charge in [0.2, 0.25) is 0 Å². The second-order valence-electron chi connectivity index (χ2n) is 4.43. The lowest BCUT2D eigenvalue weighted by Crippen LogP contribution is -2.54. The van der Waals surface area contributed by atoms with Crippen molar-refractivity contribution in [3.63, 3.8) is 0 Å². The molecule has 0 radical (unpaired) electrons. The summed E-state index contributed by atoms with van der Waals surface area (Å²) in [7, 11) is 1.62. The maximum absolute atomic E-state index is 11.3. The summed E-state index contributed by atoms with van der Waals surface area (Å²) in [6.07, 6.45) is 1.68. The van der Waals surface area contributed by atoms with E-state index in [2.05, 4.69) is 10.6 Å². The van der Waals surface area contributed by atoms with Gasteiger partial charge in [-0.15, -0.1) is 0 Å². The van der Waals surface area contributed by atoms with E-state index in [4.69, 9.17) is 9.84 Å². The Morgan fingerprint density at radius 3 is 2.53 bits per heavy atom. The van der Waals surface area contributed by atoms with Gasteiger partial charge in [0, 0.05) is 13.2 Å². The number of amides is 2. The summed E-state index contributed by atoms with van der Waals surface area (Å²) in [4.78, 5) is 21.9. The number of rotatable bonds is 5. The molecule has 7 nitrogen and oxygen atoms in total. The maximum atomic E-state index is 11.3. The van der Waals surface area contributed by atoms with Gasteiger partial charge in [0.05, 0.1) is 12.6 Å². The Labute approximate surface area is 99.1 Å². The van der Waals surface area contributed by atoms with Crippen molar-refractivity contribution >= 4 is 12.0 Å². The maximum Gasteiger partial charge on any atom is 0.337 e. The molecule has 0 aromatic heterocycles. The quantitative estimate of drug-likeness (QED) is 0.513. The largest absolute Gasteiger partial charge is 0.479 e. The van der Waals surface area contributed by atoms with Crippen LogP contribution in [0.2, 0.25) is 0 Å². The summed E-state index contributed by atoms with van der Waals surface area (Å²) in [5.41, 5.74) is -1.95. The summed E-state index contributed by atoms with van der Waals surface area (Å²) in [6, 6.07) is -0.430. The van der Waals surface area contributed by atoms with Gasteiger partial charge in [-0.1, -0.05) is 0 Å². The molecule has 1 fully saturated rings. The molecule has 98 valence electrons. The predicted octanol–water partition coefficient (Wildman–Crippen LogP) is -0.701. The molecule has 17 heavy (non-hydrogen) atoms. The van der Waals surface area contributed by atoms with Crippen LogP contribution in [0.3, 0.4) is 0 Å². The highest BCUT2D eigenvalue weighted by molar-refractivity contribution is 5.79. The molecule has 0 aliphatic heterocycles. The Morgan fingerprint density at radius 1 is 1.47 bits per heavy atom. The molecule has 0 aromatic rings. The number of carbonyl (C=O) groups excluding carboxylic acids is 1. The summed E-state index contributed by atoms with van der Waals surface area (Å²) in [5, 5.41) is 23.0. The molecule has 0 heterocycles. The molecule has 2 amide bonds. The fraction of sp³-hybridized carbons (Fsp3) is 0.800. The molecule has 0 bridgehead atoms. The van der Waals surface area contributed by atoms with E-state index in [1.54, 1.807) is 7.11 Å². The van der Waals surface area contributed by atoms with Crippen LogP contribution >= 0.6 is 0 Å². The van der Waals surface area contributed by atoms with Crippen LogP contribution in [-0.2, 0) is 9.53 Å². The van der Waals surface area contributed by atoms with Crippen LogP contribution in [-0.4, -0.2) is 53.6 Å². The highest BCUT2D eigenvalue weighted by atomic mass is 16.5. The van der Waals surface area contributed by atoms with Crippen molar-refractivity contribution in [3.05, 3.63) is 0 Å². The van der Waals surface area contributed by atoms with E-state index in [0.717, 1.165) is 19.8 Å². The van der Waals surface area contributed by atoms with Crippen LogP contribution in [0.4, 0.5) is 4.79 Å². The zero-order chi connectivity index (χ0) is 13.1. The number of aliphatic hydroxyl groups is 1. The number of ether oxygens (including phenoxy) is 1. The Bertz CT molecular complexity index is 299. The Balaban J connectivity index is 2.20. The zero-order valence-electron chi connectivity index (χ0n) is 9.90. The van der Waals surface area contributed by atoms with Crippen molar-refractivity contribution in [1.29, 1.82) is 0 Å². The van der Waals surface area contributed by atoms with Crippen molar-refractivity contribution in [3.8, 4) is 0 Å². The van der Waals surface area contributed by atoms with Crippen LogP contribution in [0.15, 0.2) is 0 Å². The molecule has 1 saturated carbocycles. The van der Waals surface area contributed by atoms with Crippen LogP contribution in [0.5, 0.6) is 0 Å². The second kappa shape index (κ2) is 5.33.